The molecule has 5 heteroatoms. The van der Waals surface area contributed by atoms with E-state index in [4.69, 9.17) is 0 Å². The van der Waals surface area contributed by atoms with Gasteiger partial charge >= 0.3 is 0 Å². The van der Waals surface area contributed by atoms with E-state index in [0.29, 0.717) is 30.0 Å². The van der Waals surface area contributed by atoms with Crippen LogP contribution in [0.5, 0.6) is 0 Å². The second kappa shape index (κ2) is 5.09. The van der Waals surface area contributed by atoms with Gasteiger partial charge in [-0.25, -0.2) is 4.39 Å². The fourth-order valence-corrected chi connectivity index (χ4v) is 2.67. The van der Waals surface area contributed by atoms with Gasteiger partial charge in [-0.05, 0) is 30.3 Å². The average Bonchev–Trinajstić information content (AvgIpc) is 2.48. The Bertz CT molecular complexity index is 791. The van der Waals surface area contributed by atoms with Crippen LogP contribution in [-0.4, -0.2) is 16.9 Å². The van der Waals surface area contributed by atoms with Crippen molar-refractivity contribution in [2.45, 2.75) is 20.4 Å². The topological polar surface area (TPSA) is 51.1 Å². The molecular weight excluding hydrogens is 283 g/mol. The number of fused-ring (bicyclic) bond motifs is 1. The lowest BCUT2D eigenvalue weighted by atomic mass is 9.91. The van der Waals surface area contributed by atoms with Crippen molar-refractivity contribution in [3.8, 4) is 0 Å². The molecule has 1 aromatic carbocycles. The van der Waals surface area contributed by atoms with E-state index in [2.05, 4.69) is 19.2 Å². The number of ketones is 1. The van der Waals surface area contributed by atoms with E-state index in [9.17, 15) is 14.0 Å². The van der Waals surface area contributed by atoms with Crippen molar-refractivity contribution in [1.82, 2.24) is 4.57 Å². The van der Waals surface area contributed by atoms with Crippen molar-refractivity contribution in [3.63, 3.8) is 0 Å². The normalized spacial score (nSPS) is 15.8. The predicted octanol–water partition coefficient (Wildman–Crippen LogP) is 2.67. The first kappa shape index (κ1) is 14.5. The maximum absolute atomic E-state index is 13.0. The number of halogens is 1. The Morgan fingerprint density at radius 1 is 1.18 bits per heavy atom. The number of hydrogen-bond acceptors (Lipinski definition) is 3. The second-order valence-electron chi connectivity index (χ2n) is 6.37. The molecule has 1 aliphatic heterocycles. The number of hydrogen-bond donors (Lipinski definition) is 1. The maximum Gasteiger partial charge on any atom is 0.252 e. The number of aromatic nitrogens is 1. The molecule has 1 aromatic heterocycles. The van der Waals surface area contributed by atoms with Crippen LogP contribution in [0.3, 0.4) is 0 Å². The fourth-order valence-electron chi connectivity index (χ4n) is 2.67. The zero-order chi connectivity index (χ0) is 15.9. The Kier molecular flexibility index (Phi) is 3.35. The molecule has 0 amide bonds. The third-order valence-electron chi connectivity index (χ3n) is 3.86. The van der Waals surface area contributed by atoms with Crippen molar-refractivity contribution >= 4 is 11.6 Å². The van der Waals surface area contributed by atoms with Gasteiger partial charge < -0.3 is 5.32 Å². The molecule has 0 saturated heterocycles. The van der Waals surface area contributed by atoms with Gasteiger partial charge in [0, 0.05) is 30.1 Å². The van der Waals surface area contributed by atoms with Crippen molar-refractivity contribution in [3.05, 3.63) is 63.7 Å². The second-order valence-corrected chi connectivity index (χ2v) is 6.37. The molecule has 2 heterocycles. The Morgan fingerprint density at radius 2 is 1.86 bits per heavy atom. The number of anilines is 1. The van der Waals surface area contributed by atoms with Crippen LogP contribution in [0.25, 0.3) is 0 Å². The predicted molar refractivity (Wildman–Crippen MR) is 82.8 cm³/mol. The minimum Gasteiger partial charge on any atom is -0.370 e. The molecule has 1 aliphatic rings. The summed E-state index contributed by atoms with van der Waals surface area (Å²) in [5.74, 6) is -0.0696. The summed E-state index contributed by atoms with van der Waals surface area (Å²) >= 11 is 0. The summed E-state index contributed by atoms with van der Waals surface area (Å²) in [6, 6.07) is 8.35. The van der Waals surface area contributed by atoms with Crippen LogP contribution in [-0.2, 0) is 6.54 Å². The Balaban J connectivity index is 2.07. The van der Waals surface area contributed by atoms with Crippen LogP contribution in [0.1, 0.15) is 29.8 Å². The Morgan fingerprint density at radius 3 is 2.55 bits per heavy atom. The van der Waals surface area contributed by atoms with E-state index in [1.807, 2.05) is 0 Å². The standard InChI is InChI=1S/C17H17FN2O2/c1-17(2)9-19-16-13(7-8-14(21)20(16)10-17)15(22)11-3-5-12(18)6-4-11/h3-8,19H,9-10H2,1-2H3. The van der Waals surface area contributed by atoms with Crippen molar-refractivity contribution in [2.75, 3.05) is 11.9 Å². The third-order valence-corrected chi connectivity index (χ3v) is 3.86. The van der Waals surface area contributed by atoms with Crippen LogP contribution >= 0.6 is 0 Å². The van der Waals surface area contributed by atoms with Crippen LogP contribution < -0.4 is 10.9 Å². The highest BCUT2D eigenvalue weighted by atomic mass is 19.1. The summed E-state index contributed by atoms with van der Waals surface area (Å²) in [6.07, 6.45) is 0. The molecule has 0 atom stereocenters. The van der Waals surface area contributed by atoms with Gasteiger partial charge in [-0.2, -0.15) is 0 Å². The molecule has 22 heavy (non-hydrogen) atoms. The number of carbonyl (C=O) groups excluding carboxylic acids is 1. The molecule has 0 spiro atoms. The summed E-state index contributed by atoms with van der Waals surface area (Å²) in [5, 5.41) is 3.19. The minimum absolute atomic E-state index is 0.0611. The largest absolute Gasteiger partial charge is 0.370 e. The van der Waals surface area contributed by atoms with Crippen LogP contribution in [0, 0.1) is 11.2 Å². The highest BCUT2D eigenvalue weighted by Crippen LogP contribution is 2.28. The molecule has 1 N–H and O–H groups in total. The molecule has 4 nitrogen and oxygen atoms in total. The lowest BCUT2D eigenvalue weighted by Crippen LogP contribution is -2.40. The lowest BCUT2D eigenvalue weighted by molar-refractivity contribution is 0.103. The van der Waals surface area contributed by atoms with Crippen molar-refractivity contribution in [2.24, 2.45) is 5.41 Å². The van der Waals surface area contributed by atoms with E-state index >= 15 is 0 Å². The summed E-state index contributed by atoms with van der Waals surface area (Å²) in [5.41, 5.74) is 0.635. The number of rotatable bonds is 2. The van der Waals surface area contributed by atoms with E-state index in [-0.39, 0.29) is 22.6 Å². The fraction of sp³-hybridized carbons (Fsp3) is 0.294. The first-order valence-corrected chi connectivity index (χ1v) is 7.15. The van der Waals surface area contributed by atoms with E-state index in [1.54, 1.807) is 4.57 Å². The Hall–Kier alpha value is -2.43. The van der Waals surface area contributed by atoms with E-state index in [0.717, 1.165) is 0 Å². The molecule has 2 aromatic rings. The van der Waals surface area contributed by atoms with Gasteiger partial charge in [0.25, 0.3) is 5.56 Å². The number of nitrogens with zero attached hydrogens (tertiary/aromatic N) is 1. The summed E-state index contributed by atoms with van der Waals surface area (Å²) in [6.45, 7) is 5.35. The number of benzene rings is 1. The highest BCUT2D eigenvalue weighted by Gasteiger charge is 2.28. The molecular formula is C17H17FN2O2. The lowest BCUT2D eigenvalue weighted by Gasteiger charge is -2.34. The number of nitrogens with one attached hydrogen (secondary N) is 1. The molecule has 3 rings (SSSR count). The smallest absolute Gasteiger partial charge is 0.252 e. The molecule has 0 aliphatic carbocycles. The van der Waals surface area contributed by atoms with Crippen molar-refractivity contribution < 1.29 is 9.18 Å². The van der Waals surface area contributed by atoms with Gasteiger partial charge in [-0.3, -0.25) is 14.2 Å². The average molecular weight is 300 g/mol. The van der Waals surface area contributed by atoms with E-state index < -0.39 is 0 Å². The Labute approximate surface area is 127 Å². The monoisotopic (exact) mass is 300 g/mol. The summed E-state index contributed by atoms with van der Waals surface area (Å²) in [4.78, 5) is 24.7. The molecule has 0 saturated carbocycles. The van der Waals surface area contributed by atoms with Gasteiger partial charge in [-0.15, -0.1) is 0 Å². The molecule has 0 fully saturated rings. The van der Waals surface area contributed by atoms with Crippen LogP contribution in [0.2, 0.25) is 0 Å². The molecule has 114 valence electrons. The number of pyridine rings is 1. The first-order valence-electron chi connectivity index (χ1n) is 7.15. The zero-order valence-electron chi connectivity index (χ0n) is 12.5. The molecule has 0 unspecified atom stereocenters. The summed E-state index contributed by atoms with van der Waals surface area (Å²) in [7, 11) is 0. The van der Waals surface area contributed by atoms with Gasteiger partial charge in [0.2, 0.25) is 0 Å². The summed E-state index contributed by atoms with van der Waals surface area (Å²) < 4.78 is 14.6. The third kappa shape index (κ3) is 2.54. The quantitative estimate of drug-likeness (QED) is 0.868. The van der Waals surface area contributed by atoms with Gasteiger partial charge in [0.05, 0.1) is 5.56 Å². The van der Waals surface area contributed by atoms with Gasteiger partial charge in [-0.1, -0.05) is 13.8 Å². The minimum atomic E-state index is -0.386. The highest BCUT2D eigenvalue weighted by molar-refractivity contribution is 6.11. The number of carbonyl (C=O) groups is 1. The van der Waals surface area contributed by atoms with Gasteiger partial charge in [0.15, 0.2) is 5.78 Å². The van der Waals surface area contributed by atoms with Crippen LogP contribution in [0.4, 0.5) is 10.2 Å². The first-order chi connectivity index (χ1) is 10.4. The SMILES string of the molecule is CC1(C)CNc2c(C(=O)c3ccc(F)cc3)ccc(=O)n2C1. The van der Waals surface area contributed by atoms with Crippen molar-refractivity contribution in [1.29, 1.82) is 0 Å². The van der Waals surface area contributed by atoms with Gasteiger partial charge in [0.1, 0.15) is 11.6 Å². The van der Waals surface area contributed by atoms with Crippen LogP contribution in [0.15, 0.2) is 41.2 Å². The molecule has 0 radical (unpaired) electrons. The zero-order valence-corrected chi connectivity index (χ0v) is 12.5. The maximum atomic E-state index is 13.0. The van der Waals surface area contributed by atoms with E-state index in [1.165, 1.54) is 36.4 Å². The molecule has 0 bridgehead atoms.